The number of amides is 1. The Hall–Kier alpha value is -2.44. The lowest BCUT2D eigenvalue weighted by Gasteiger charge is -2.09. The third-order valence-electron chi connectivity index (χ3n) is 6.49. The van der Waals surface area contributed by atoms with E-state index < -0.39 is 0 Å². The standard InChI is InChI=1S/C36H63NO14/c1-3-4-5-6-36(39)51-32-30-49-28-26-47-24-22-45-20-18-43-16-14-41-12-11-40-13-15-42-17-19-44-21-23-46-25-27-48-29-31-50-35-9-7-34(8-10-35)37-33(2)38/h7-10H,3-6,11-32H2,1-2H3,(H,37,38). The predicted molar refractivity (Wildman–Crippen MR) is 190 cm³/mol. The molecule has 0 saturated carbocycles. The van der Waals surface area contributed by atoms with Crippen molar-refractivity contribution < 1.29 is 66.4 Å². The third kappa shape index (κ3) is 34.4. The first-order valence-corrected chi connectivity index (χ1v) is 18.0. The zero-order valence-electron chi connectivity index (χ0n) is 30.9. The van der Waals surface area contributed by atoms with Crippen LogP contribution in [-0.4, -0.2) is 157 Å². The van der Waals surface area contributed by atoms with Gasteiger partial charge in [-0.1, -0.05) is 19.8 Å². The van der Waals surface area contributed by atoms with Gasteiger partial charge in [0.05, 0.1) is 132 Å². The number of hydrogen-bond donors (Lipinski definition) is 1. The highest BCUT2D eigenvalue weighted by molar-refractivity contribution is 5.88. The minimum Gasteiger partial charge on any atom is -0.491 e. The first kappa shape index (κ1) is 46.6. The van der Waals surface area contributed by atoms with Gasteiger partial charge in [0.15, 0.2) is 0 Å². The third-order valence-corrected chi connectivity index (χ3v) is 6.49. The van der Waals surface area contributed by atoms with Crippen LogP contribution in [0.1, 0.15) is 39.5 Å². The van der Waals surface area contributed by atoms with Crippen molar-refractivity contribution in [2.24, 2.45) is 0 Å². The van der Waals surface area contributed by atoms with Crippen molar-refractivity contribution in [3.05, 3.63) is 24.3 Å². The second-order valence-electron chi connectivity index (χ2n) is 10.9. The molecule has 1 amide bonds. The van der Waals surface area contributed by atoms with Gasteiger partial charge in [-0.2, -0.15) is 0 Å². The van der Waals surface area contributed by atoms with Crippen LogP contribution in [0.15, 0.2) is 24.3 Å². The lowest BCUT2D eigenvalue weighted by atomic mass is 10.2. The van der Waals surface area contributed by atoms with Crippen molar-refractivity contribution in [1.82, 2.24) is 0 Å². The summed E-state index contributed by atoms with van der Waals surface area (Å²) >= 11 is 0. The summed E-state index contributed by atoms with van der Waals surface area (Å²) in [4.78, 5) is 22.5. The molecule has 1 N–H and O–H groups in total. The average Bonchev–Trinajstić information content (AvgIpc) is 3.12. The van der Waals surface area contributed by atoms with E-state index in [9.17, 15) is 9.59 Å². The lowest BCUT2D eigenvalue weighted by Crippen LogP contribution is -2.15. The summed E-state index contributed by atoms with van der Waals surface area (Å²) in [6.07, 6.45) is 3.48. The molecule has 0 radical (unpaired) electrons. The number of benzene rings is 1. The molecule has 15 nitrogen and oxygen atoms in total. The number of carbonyl (C=O) groups excluding carboxylic acids is 2. The van der Waals surface area contributed by atoms with E-state index in [1.54, 1.807) is 24.3 Å². The smallest absolute Gasteiger partial charge is 0.305 e. The highest BCUT2D eigenvalue weighted by Gasteiger charge is 2.02. The molecule has 0 atom stereocenters. The summed E-state index contributed by atoms with van der Waals surface area (Å²) in [6.45, 7) is 13.8. The van der Waals surface area contributed by atoms with E-state index >= 15 is 0 Å². The molecule has 0 heterocycles. The minimum atomic E-state index is -0.163. The van der Waals surface area contributed by atoms with E-state index in [1.807, 2.05) is 0 Å². The molecule has 51 heavy (non-hydrogen) atoms. The molecular formula is C36H63NO14. The van der Waals surface area contributed by atoms with Gasteiger partial charge in [0, 0.05) is 19.0 Å². The molecule has 0 aliphatic heterocycles. The van der Waals surface area contributed by atoms with Gasteiger partial charge in [0.1, 0.15) is 19.0 Å². The number of hydrogen-bond acceptors (Lipinski definition) is 14. The molecule has 0 saturated heterocycles. The van der Waals surface area contributed by atoms with Crippen molar-refractivity contribution in [3.8, 4) is 5.75 Å². The van der Waals surface area contributed by atoms with Crippen LogP contribution in [0.5, 0.6) is 5.75 Å². The highest BCUT2D eigenvalue weighted by Crippen LogP contribution is 2.15. The number of esters is 1. The Balaban J connectivity index is 1.66. The fraction of sp³-hybridized carbons (Fsp3) is 0.778. The number of nitrogens with one attached hydrogen (secondary N) is 1. The Kier molecular flexibility index (Phi) is 34.1. The summed E-state index contributed by atoms with van der Waals surface area (Å²) in [6, 6.07) is 7.17. The summed E-state index contributed by atoms with van der Waals surface area (Å²) < 4.78 is 65.4. The van der Waals surface area contributed by atoms with Gasteiger partial charge in [0.25, 0.3) is 0 Å². The van der Waals surface area contributed by atoms with Crippen molar-refractivity contribution in [2.75, 3.05) is 151 Å². The Morgan fingerprint density at radius 3 is 1.14 bits per heavy atom. The van der Waals surface area contributed by atoms with Gasteiger partial charge >= 0.3 is 5.97 Å². The number of anilines is 1. The van der Waals surface area contributed by atoms with Crippen molar-refractivity contribution in [2.45, 2.75) is 39.5 Å². The van der Waals surface area contributed by atoms with Crippen LogP contribution in [0.4, 0.5) is 5.69 Å². The molecule has 0 aromatic heterocycles. The molecule has 0 fully saturated rings. The summed E-state index contributed by atoms with van der Waals surface area (Å²) in [5.41, 5.74) is 0.729. The van der Waals surface area contributed by atoms with E-state index in [2.05, 4.69) is 12.2 Å². The molecule has 15 heteroatoms. The predicted octanol–water partition coefficient (Wildman–Crippen LogP) is 3.31. The van der Waals surface area contributed by atoms with Crippen LogP contribution in [0.2, 0.25) is 0 Å². The van der Waals surface area contributed by atoms with Crippen molar-refractivity contribution in [3.63, 3.8) is 0 Å². The van der Waals surface area contributed by atoms with Gasteiger partial charge in [-0.05, 0) is 30.7 Å². The van der Waals surface area contributed by atoms with Crippen molar-refractivity contribution in [1.29, 1.82) is 0 Å². The van der Waals surface area contributed by atoms with E-state index in [0.29, 0.717) is 151 Å². The first-order chi connectivity index (χ1) is 25.1. The van der Waals surface area contributed by atoms with Crippen molar-refractivity contribution >= 4 is 17.6 Å². The fourth-order valence-electron chi connectivity index (χ4n) is 3.94. The van der Waals surface area contributed by atoms with Gasteiger partial charge in [-0.3, -0.25) is 9.59 Å². The van der Waals surface area contributed by atoms with Crippen LogP contribution in [0, 0.1) is 0 Å². The second-order valence-corrected chi connectivity index (χ2v) is 10.9. The zero-order valence-corrected chi connectivity index (χ0v) is 30.9. The first-order valence-electron chi connectivity index (χ1n) is 18.0. The molecule has 0 aliphatic rings. The number of carbonyl (C=O) groups is 2. The van der Waals surface area contributed by atoms with E-state index in [1.165, 1.54) is 6.92 Å². The maximum absolute atomic E-state index is 11.5. The molecule has 1 rings (SSSR count). The summed E-state index contributed by atoms with van der Waals surface area (Å²) in [5, 5.41) is 2.71. The zero-order chi connectivity index (χ0) is 36.7. The normalized spacial score (nSPS) is 11.2. The number of rotatable bonds is 39. The lowest BCUT2D eigenvalue weighted by molar-refractivity contribution is -0.145. The molecule has 0 spiro atoms. The Morgan fingerprint density at radius 1 is 0.471 bits per heavy atom. The van der Waals surface area contributed by atoms with E-state index in [0.717, 1.165) is 24.9 Å². The van der Waals surface area contributed by atoms with E-state index in [-0.39, 0.29) is 18.5 Å². The summed E-state index contributed by atoms with van der Waals surface area (Å²) in [5.74, 6) is 0.440. The van der Waals surface area contributed by atoms with Gasteiger partial charge < -0.3 is 62.2 Å². The minimum absolute atomic E-state index is 0.110. The molecule has 296 valence electrons. The highest BCUT2D eigenvalue weighted by atomic mass is 16.6. The number of ether oxygens (including phenoxy) is 12. The van der Waals surface area contributed by atoms with E-state index in [4.69, 9.17) is 56.8 Å². The van der Waals surface area contributed by atoms with Crippen LogP contribution in [0.25, 0.3) is 0 Å². The maximum atomic E-state index is 11.5. The van der Waals surface area contributed by atoms with Crippen LogP contribution in [-0.2, 0) is 61.7 Å². The van der Waals surface area contributed by atoms with Gasteiger partial charge in [-0.25, -0.2) is 0 Å². The largest absolute Gasteiger partial charge is 0.491 e. The monoisotopic (exact) mass is 733 g/mol. The Morgan fingerprint density at radius 2 is 0.804 bits per heavy atom. The molecular weight excluding hydrogens is 670 g/mol. The molecule has 0 unspecified atom stereocenters. The number of unbranched alkanes of at least 4 members (excludes halogenated alkanes) is 2. The van der Waals surface area contributed by atoms with Gasteiger partial charge in [0.2, 0.25) is 5.91 Å². The Bertz CT molecular complexity index is 908. The molecule has 1 aromatic carbocycles. The molecule has 0 bridgehead atoms. The second kappa shape index (κ2) is 37.3. The van der Waals surface area contributed by atoms with Crippen LogP contribution >= 0.6 is 0 Å². The quantitative estimate of drug-likeness (QED) is 0.0777. The summed E-state index contributed by atoms with van der Waals surface area (Å²) in [7, 11) is 0. The Labute approximate surface area is 304 Å². The molecule has 0 aliphatic carbocycles. The van der Waals surface area contributed by atoms with Gasteiger partial charge in [-0.15, -0.1) is 0 Å². The average molecular weight is 734 g/mol. The topological polar surface area (TPSA) is 157 Å². The van der Waals surface area contributed by atoms with Crippen LogP contribution < -0.4 is 10.1 Å². The fourth-order valence-corrected chi connectivity index (χ4v) is 3.94. The SMILES string of the molecule is CCCCCC(=O)OCCOCCOCCOCCOCCOCCOCCOCCOCCOCCOCCOc1ccc(NC(C)=O)cc1. The molecule has 1 aromatic rings. The maximum Gasteiger partial charge on any atom is 0.305 e. The van der Waals surface area contributed by atoms with Crippen LogP contribution in [0.3, 0.4) is 0 Å².